The topological polar surface area (TPSA) is 58.2 Å². The second-order valence-electron chi connectivity index (χ2n) is 1.73. The molecular formula is C6H11N2O2Y-. The Kier molecular flexibility index (Phi) is 10.1. The maximum absolute atomic E-state index is 10.5. The molecule has 0 aliphatic carbocycles. The fraction of sp³-hybridized carbons (Fsp3) is 0.500. The van der Waals surface area contributed by atoms with E-state index >= 15 is 0 Å². The van der Waals surface area contributed by atoms with Crippen LogP contribution in [0.4, 0.5) is 0 Å². The molecule has 61 valence electrons. The minimum Gasteiger partial charge on any atom is -0.507 e. The van der Waals surface area contributed by atoms with Gasteiger partial charge in [-0.2, -0.15) is 0 Å². The summed E-state index contributed by atoms with van der Waals surface area (Å²) in [4.78, 5) is 21.0. The molecule has 0 spiro atoms. The number of carbonyl (C=O) groups is 2. The third-order valence-electron chi connectivity index (χ3n) is 0.964. The van der Waals surface area contributed by atoms with E-state index in [1.807, 2.05) is 0 Å². The number of hydrogen-bond donors (Lipinski definition) is 2. The van der Waals surface area contributed by atoms with Crippen LogP contribution in [0.25, 0.3) is 0 Å². The molecule has 1 radical (unpaired) electrons. The van der Waals surface area contributed by atoms with Crippen molar-refractivity contribution in [2.75, 3.05) is 6.54 Å². The van der Waals surface area contributed by atoms with Crippen molar-refractivity contribution in [2.24, 2.45) is 0 Å². The van der Waals surface area contributed by atoms with Crippen LogP contribution in [0, 0.1) is 7.05 Å². The quantitative estimate of drug-likeness (QED) is 0.639. The van der Waals surface area contributed by atoms with Crippen molar-refractivity contribution in [1.82, 2.24) is 10.6 Å². The van der Waals surface area contributed by atoms with Crippen LogP contribution in [0.2, 0.25) is 0 Å². The minimum absolute atomic E-state index is 0. The van der Waals surface area contributed by atoms with Gasteiger partial charge >= 0.3 is 0 Å². The molecule has 5 heteroatoms. The number of amides is 2. The molecule has 0 heterocycles. The summed E-state index contributed by atoms with van der Waals surface area (Å²) >= 11 is 0. The SMILES string of the molecule is [CH2-]NC(=O)CNC(=O)CC.[Y]. The Hall–Kier alpha value is 0.0439. The van der Waals surface area contributed by atoms with Gasteiger partial charge in [0.05, 0.1) is 6.54 Å². The van der Waals surface area contributed by atoms with Crippen molar-refractivity contribution < 1.29 is 42.3 Å². The predicted octanol–water partition coefficient (Wildman–Crippen LogP) is -0.582. The zero-order valence-corrected chi connectivity index (χ0v) is 9.35. The Bertz CT molecular complexity index is 123. The fourth-order valence-corrected chi connectivity index (χ4v) is 0.366. The van der Waals surface area contributed by atoms with Crippen LogP contribution < -0.4 is 10.6 Å². The first kappa shape index (κ1) is 13.6. The van der Waals surface area contributed by atoms with E-state index < -0.39 is 0 Å². The van der Waals surface area contributed by atoms with Gasteiger partial charge < -0.3 is 10.6 Å². The van der Waals surface area contributed by atoms with E-state index in [1.54, 1.807) is 6.92 Å². The molecule has 0 atom stereocenters. The minimum atomic E-state index is -0.290. The largest absolute Gasteiger partial charge is 0.507 e. The summed E-state index contributed by atoms with van der Waals surface area (Å²) in [5, 5.41) is 4.53. The predicted molar refractivity (Wildman–Crippen MR) is 36.8 cm³/mol. The van der Waals surface area contributed by atoms with Gasteiger partial charge in [0.25, 0.3) is 0 Å². The average molecular weight is 232 g/mol. The summed E-state index contributed by atoms with van der Waals surface area (Å²) in [5.41, 5.74) is 0. The van der Waals surface area contributed by atoms with Gasteiger partial charge in [-0.1, -0.05) is 6.92 Å². The van der Waals surface area contributed by atoms with Gasteiger partial charge in [-0.05, 0) is 0 Å². The molecule has 0 saturated carbocycles. The summed E-state index contributed by atoms with van der Waals surface area (Å²) < 4.78 is 0. The molecule has 4 nitrogen and oxygen atoms in total. The van der Waals surface area contributed by atoms with E-state index in [1.165, 1.54) is 0 Å². The Morgan fingerprint density at radius 3 is 2.27 bits per heavy atom. The molecule has 2 N–H and O–H groups in total. The zero-order valence-electron chi connectivity index (χ0n) is 6.52. The second kappa shape index (κ2) is 8.14. The summed E-state index contributed by atoms with van der Waals surface area (Å²) in [6.45, 7) is 1.73. The van der Waals surface area contributed by atoms with E-state index in [4.69, 9.17) is 0 Å². The molecule has 0 unspecified atom stereocenters. The average Bonchev–Trinajstić information content (AvgIpc) is 1.99. The first-order chi connectivity index (χ1) is 4.70. The Labute approximate surface area is 91.4 Å². The van der Waals surface area contributed by atoms with Crippen LogP contribution in [0.1, 0.15) is 13.3 Å². The molecular weight excluding hydrogens is 221 g/mol. The van der Waals surface area contributed by atoms with Crippen molar-refractivity contribution in [2.45, 2.75) is 13.3 Å². The maximum Gasteiger partial charge on any atom is 0.220 e. The first-order valence-electron chi connectivity index (χ1n) is 3.03. The summed E-state index contributed by atoms with van der Waals surface area (Å²) in [6.07, 6.45) is 0.393. The molecule has 0 fully saturated rings. The number of carbonyl (C=O) groups excluding carboxylic acids is 2. The Morgan fingerprint density at radius 2 is 1.91 bits per heavy atom. The normalized spacial score (nSPS) is 7.82. The van der Waals surface area contributed by atoms with Crippen LogP contribution >= 0.6 is 0 Å². The molecule has 0 bridgehead atoms. The van der Waals surface area contributed by atoms with Gasteiger partial charge in [0.2, 0.25) is 11.8 Å². The number of hydrogen-bond acceptors (Lipinski definition) is 2. The molecule has 0 aromatic carbocycles. The summed E-state index contributed by atoms with van der Waals surface area (Å²) in [6, 6.07) is 0. The van der Waals surface area contributed by atoms with Crippen LogP contribution in [-0.2, 0) is 42.3 Å². The van der Waals surface area contributed by atoms with Crippen molar-refractivity contribution in [1.29, 1.82) is 0 Å². The zero-order chi connectivity index (χ0) is 7.98. The van der Waals surface area contributed by atoms with Crippen LogP contribution in [0.15, 0.2) is 0 Å². The van der Waals surface area contributed by atoms with Gasteiger partial charge in [-0.25, -0.2) is 0 Å². The van der Waals surface area contributed by atoms with E-state index in [-0.39, 0.29) is 51.1 Å². The Morgan fingerprint density at radius 1 is 1.36 bits per heavy atom. The first-order valence-corrected chi connectivity index (χ1v) is 3.03. The third kappa shape index (κ3) is 7.95. The molecule has 0 saturated heterocycles. The second-order valence-corrected chi connectivity index (χ2v) is 1.73. The molecule has 2 amide bonds. The summed E-state index contributed by atoms with van der Waals surface area (Å²) in [5.74, 6) is -0.426. The van der Waals surface area contributed by atoms with Crippen molar-refractivity contribution >= 4 is 11.8 Å². The van der Waals surface area contributed by atoms with E-state index in [2.05, 4.69) is 17.7 Å². The van der Waals surface area contributed by atoms with Gasteiger partial charge in [0.1, 0.15) is 0 Å². The van der Waals surface area contributed by atoms with Crippen molar-refractivity contribution in [3.63, 3.8) is 0 Å². The monoisotopic (exact) mass is 232 g/mol. The van der Waals surface area contributed by atoms with Crippen LogP contribution in [0.5, 0.6) is 0 Å². The fourth-order valence-electron chi connectivity index (χ4n) is 0.366. The van der Waals surface area contributed by atoms with Crippen molar-refractivity contribution in [3.05, 3.63) is 7.05 Å². The number of nitrogens with one attached hydrogen (secondary N) is 2. The van der Waals surface area contributed by atoms with E-state index in [0.717, 1.165) is 0 Å². The van der Waals surface area contributed by atoms with E-state index in [9.17, 15) is 9.59 Å². The van der Waals surface area contributed by atoms with Crippen molar-refractivity contribution in [3.8, 4) is 0 Å². The standard InChI is InChI=1S/C6H11N2O2.Y/c1-3-5(9)8-4-6(10)7-2;/h2-4H2,1H3,(H,7,10)(H,8,9);/q-1;. The summed E-state index contributed by atoms with van der Waals surface area (Å²) in [7, 11) is 3.14. The van der Waals surface area contributed by atoms with Gasteiger partial charge in [-0.3, -0.25) is 16.6 Å². The van der Waals surface area contributed by atoms with Gasteiger partial charge in [-0.15, -0.1) is 0 Å². The molecule has 0 aliphatic rings. The molecule has 0 aromatic rings. The molecule has 0 rings (SSSR count). The molecule has 0 aromatic heterocycles. The number of rotatable bonds is 3. The molecule has 0 aliphatic heterocycles. The van der Waals surface area contributed by atoms with Gasteiger partial charge in [0.15, 0.2) is 0 Å². The Balaban J connectivity index is 0. The maximum atomic E-state index is 10.5. The third-order valence-corrected chi connectivity index (χ3v) is 0.964. The van der Waals surface area contributed by atoms with Crippen LogP contribution in [-0.4, -0.2) is 18.4 Å². The van der Waals surface area contributed by atoms with E-state index in [0.29, 0.717) is 6.42 Å². The van der Waals surface area contributed by atoms with Crippen LogP contribution in [0.3, 0.4) is 0 Å². The molecule has 11 heavy (non-hydrogen) atoms. The van der Waals surface area contributed by atoms with Gasteiger partial charge in [0, 0.05) is 39.1 Å². The smallest absolute Gasteiger partial charge is 0.220 e.